The van der Waals surface area contributed by atoms with Gasteiger partial charge in [0.2, 0.25) is 0 Å². The van der Waals surface area contributed by atoms with Gasteiger partial charge in [0.1, 0.15) is 0 Å². The minimum atomic E-state index is 0.957. The van der Waals surface area contributed by atoms with Gasteiger partial charge in [0.25, 0.3) is 0 Å². The molecule has 0 aromatic heterocycles. The van der Waals surface area contributed by atoms with Crippen molar-refractivity contribution in [2.75, 3.05) is 0 Å². The van der Waals surface area contributed by atoms with E-state index in [1.165, 1.54) is 12.3 Å². The molecule has 5 fully saturated rings. The van der Waals surface area contributed by atoms with Gasteiger partial charge < -0.3 is 0 Å². The second-order valence-electron chi connectivity index (χ2n) is 8.91. The van der Waals surface area contributed by atoms with Gasteiger partial charge in [0.15, 0.2) is 0 Å². The van der Waals surface area contributed by atoms with Crippen LogP contribution in [0.3, 0.4) is 0 Å². The standard InChI is InChI=1S/C20H26/c1-2-3-10-6-13-8-14(10)20-16-9-15(19(13)20)17-11-4-5-12(7-11)18(16)17/h2-5,10-20H,6-9H2,1H3. The minimum Gasteiger partial charge on any atom is -0.0914 e. The molecule has 6 rings (SSSR count). The molecule has 11 unspecified atom stereocenters. The first kappa shape index (κ1) is 11.1. The van der Waals surface area contributed by atoms with E-state index in [-0.39, 0.29) is 0 Å². The molecule has 0 aromatic carbocycles. The summed E-state index contributed by atoms with van der Waals surface area (Å²) in [6, 6.07) is 0. The molecule has 0 saturated heterocycles. The molecule has 11 atom stereocenters. The number of allylic oxidation sites excluding steroid dienone is 4. The van der Waals surface area contributed by atoms with E-state index in [9.17, 15) is 0 Å². The highest BCUT2D eigenvalue weighted by molar-refractivity contribution is 5.25. The molecule has 0 aliphatic heterocycles. The summed E-state index contributed by atoms with van der Waals surface area (Å²) in [6.07, 6.45) is 16.4. The first-order valence-electron chi connectivity index (χ1n) is 9.18. The first-order valence-corrected chi connectivity index (χ1v) is 9.18. The van der Waals surface area contributed by atoms with Gasteiger partial charge in [-0.2, -0.15) is 0 Å². The fourth-order valence-electron chi connectivity index (χ4n) is 8.77. The van der Waals surface area contributed by atoms with Crippen molar-refractivity contribution in [3.8, 4) is 0 Å². The van der Waals surface area contributed by atoms with Gasteiger partial charge in [-0.05, 0) is 97.7 Å². The highest BCUT2D eigenvalue weighted by Gasteiger charge is 2.70. The van der Waals surface area contributed by atoms with Gasteiger partial charge in [-0.1, -0.05) is 24.3 Å². The summed E-state index contributed by atoms with van der Waals surface area (Å²) < 4.78 is 0. The predicted molar refractivity (Wildman–Crippen MR) is 80.8 cm³/mol. The smallest absolute Gasteiger partial charge is 0.0194 e. The maximum Gasteiger partial charge on any atom is -0.0194 e. The zero-order valence-electron chi connectivity index (χ0n) is 12.5. The van der Waals surface area contributed by atoms with Crippen LogP contribution in [0.25, 0.3) is 0 Å². The van der Waals surface area contributed by atoms with E-state index >= 15 is 0 Å². The summed E-state index contributed by atoms with van der Waals surface area (Å²) >= 11 is 0. The molecule has 0 amide bonds. The number of hydrogen-bond acceptors (Lipinski definition) is 0. The summed E-state index contributed by atoms with van der Waals surface area (Å²) in [4.78, 5) is 0. The van der Waals surface area contributed by atoms with Crippen LogP contribution in [-0.2, 0) is 0 Å². The summed E-state index contributed by atoms with van der Waals surface area (Å²) in [6.45, 7) is 2.22. The lowest BCUT2D eigenvalue weighted by Gasteiger charge is -2.45. The lowest BCUT2D eigenvalue weighted by atomic mass is 9.59. The fraction of sp³-hybridized carbons (Fsp3) is 0.800. The average molecular weight is 266 g/mol. The van der Waals surface area contributed by atoms with Crippen molar-refractivity contribution in [1.29, 1.82) is 0 Å². The molecule has 5 saturated carbocycles. The van der Waals surface area contributed by atoms with E-state index in [4.69, 9.17) is 0 Å². The quantitative estimate of drug-likeness (QED) is 0.483. The van der Waals surface area contributed by atoms with Crippen molar-refractivity contribution < 1.29 is 0 Å². The Balaban J connectivity index is 1.40. The third-order valence-corrected chi connectivity index (χ3v) is 8.73. The zero-order chi connectivity index (χ0) is 13.0. The van der Waals surface area contributed by atoms with Crippen LogP contribution in [0, 0.1) is 65.1 Å². The van der Waals surface area contributed by atoms with Crippen LogP contribution in [0.4, 0.5) is 0 Å². The Morgan fingerprint density at radius 3 is 2.25 bits per heavy atom. The van der Waals surface area contributed by atoms with Crippen molar-refractivity contribution in [1.82, 2.24) is 0 Å². The normalized spacial score (nSPS) is 67.5. The maximum absolute atomic E-state index is 2.61. The summed E-state index contributed by atoms with van der Waals surface area (Å²) in [7, 11) is 0. The van der Waals surface area contributed by atoms with Crippen LogP contribution in [0.2, 0.25) is 0 Å². The molecule has 6 aliphatic carbocycles. The molecular weight excluding hydrogens is 240 g/mol. The van der Waals surface area contributed by atoms with Crippen molar-refractivity contribution in [2.24, 2.45) is 65.1 Å². The van der Waals surface area contributed by atoms with E-state index in [0.29, 0.717) is 0 Å². The molecule has 0 aromatic rings. The van der Waals surface area contributed by atoms with Crippen LogP contribution in [-0.4, -0.2) is 0 Å². The van der Waals surface area contributed by atoms with Crippen molar-refractivity contribution in [3.63, 3.8) is 0 Å². The van der Waals surface area contributed by atoms with E-state index < -0.39 is 0 Å². The lowest BCUT2D eigenvalue weighted by molar-refractivity contribution is 0.0379. The van der Waals surface area contributed by atoms with Crippen molar-refractivity contribution in [2.45, 2.75) is 32.6 Å². The fourth-order valence-corrected chi connectivity index (χ4v) is 8.77. The van der Waals surface area contributed by atoms with Gasteiger partial charge >= 0.3 is 0 Å². The van der Waals surface area contributed by atoms with Gasteiger partial charge in [-0.3, -0.25) is 0 Å². The van der Waals surface area contributed by atoms with Crippen molar-refractivity contribution >= 4 is 0 Å². The Hall–Kier alpha value is -0.520. The molecule has 0 spiro atoms. The lowest BCUT2D eigenvalue weighted by Crippen LogP contribution is -2.41. The third-order valence-electron chi connectivity index (χ3n) is 8.73. The predicted octanol–water partition coefficient (Wildman–Crippen LogP) is 4.54. The number of hydrogen-bond donors (Lipinski definition) is 0. The summed E-state index contributed by atoms with van der Waals surface area (Å²) in [5.74, 6) is 12.0. The molecular formula is C20H26. The Morgan fingerprint density at radius 1 is 0.750 bits per heavy atom. The van der Waals surface area contributed by atoms with Crippen molar-refractivity contribution in [3.05, 3.63) is 24.3 Å². The largest absolute Gasteiger partial charge is 0.0914 e. The molecule has 20 heavy (non-hydrogen) atoms. The average Bonchev–Trinajstić information content (AvgIpc) is 3.23. The SMILES string of the molecule is CC=CC1CC2CC1C1C3CC(C4C5C=CC(C5)C34)C21. The van der Waals surface area contributed by atoms with Gasteiger partial charge in [0.05, 0.1) is 0 Å². The Kier molecular flexibility index (Phi) is 1.91. The topological polar surface area (TPSA) is 0 Å². The van der Waals surface area contributed by atoms with Crippen LogP contribution in [0.1, 0.15) is 32.6 Å². The van der Waals surface area contributed by atoms with Crippen LogP contribution >= 0.6 is 0 Å². The highest BCUT2D eigenvalue weighted by Crippen LogP contribution is 2.76. The van der Waals surface area contributed by atoms with Crippen LogP contribution in [0.5, 0.6) is 0 Å². The minimum absolute atomic E-state index is 0.957. The van der Waals surface area contributed by atoms with Gasteiger partial charge in [-0.25, -0.2) is 0 Å². The summed E-state index contributed by atoms with van der Waals surface area (Å²) in [5.41, 5.74) is 0. The van der Waals surface area contributed by atoms with Crippen LogP contribution in [0.15, 0.2) is 24.3 Å². The Labute approximate surface area is 122 Å². The molecule has 0 nitrogen and oxygen atoms in total. The van der Waals surface area contributed by atoms with E-state index in [1.54, 1.807) is 19.3 Å². The van der Waals surface area contributed by atoms with Crippen LogP contribution < -0.4 is 0 Å². The molecule has 0 heterocycles. The Morgan fingerprint density at radius 2 is 1.50 bits per heavy atom. The summed E-state index contributed by atoms with van der Waals surface area (Å²) in [5, 5.41) is 0. The zero-order valence-corrected chi connectivity index (χ0v) is 12.5. The van der Waals surface area contributed by atoms with E-state index in [0.717, 1.165) is 59.2 Å². The molecule has 0 N–H and O–H groups in total. The molecule has 0 radical (unpaired) electrons. The number of rotatable bonds is 1. The second-order valence-corrected chi connectivity index (χ2v) is 8.91. The molecule has 6 bridgehead atoms. The maximum atomic E-state index is 2.61. The highest BCUT2D eigenvalue weighted by atomic mass is 14.7. The van der Waals surface area contributed by atoms with Gasteiger partial charge in [-0.15, -0.1) is 0 Å². The molecule has 0 heteroatoms. The third kappa shape index (κ3) is 1.04. The first-order chi connectivity index (χ1) is 9.86. The van der Waals surface area contributed by atoms with E-state index in [1.807, 2.05) is 0 Å². The molecule has 6 aliphatic rings. The number of fused-ring (bicyclic) bond motifs is 16. The monoisotopic (exact) mass is 266 g/mol. The van der Waals surface area contributed by atoms with Gasteiger partial charge in [0, 0.05) is 0 Å². The van der Waals surface area contributed by atoms with E-state index in [2.05, 4.69) is 31.2 Å². The second kappa shape index (κ2) is 3.45. The molecule has 106 valence electrons. The Bertz CT molecular complexity index is 514.